The van der Waals surface area contributed by atoms with Gasteiger partial charge in [-0.1, -0.05) is 28.1 Å². The third-order valence-electron chi connectivity index (χ3n) is 3.42. The van der Waals surface area contributed by atoms with Crippen LogP contribution in [0.2, 0.25) is 0 Å². The third kappa shape index (κ3) is 1.79. The molecule has 2 amide bonds. The van der Waals surface area contributed by atoms with Crippen molar-refractivity contribution in [2.45, 2.75) is 6.42 Å². The van der Waals surface area contributed by atoms with Crippen molar-refractivity contribution in [2.24, 2.45) is 11.8 Å². The van der Waals surface area contributed by atoms with Crippen molar-refractivity contribution in [2.75, 3.05) is 6.54 Å². The molecule has 1 saturated heterocycles. The number of piperidine rings is 1. The largest absolute Gasteiger partial charge is 0.292 e. The van der Waals surface area contributed by atoms with Gasteiger partial charge in [0.25, 0.3) is 0 Å². The van der Waals surface area contributed by atoms with Crippen molar-refractivity contribution in [3.8, 4) is 0 Å². The highest BCUT2D eigenvalue weighted by Gasteiger charge is 2.58. The number of benzene rings is 1. The van der Waals surface area contributed by atoms with Gasteiger partial charge in [-0.15, -0.1) is 0 Å². The van der Waals surface area contributed by atoms with Crippen LogP contribution in [0.15, 0.2) is 28.7 Å². The van der Waals surface area contributed by atoms with Crippen LogP contribution in [0.5, 0.6) is 0 Å². The van der Waals surface area contributed by atoms with Crippen LogP contribution in [0.1, 0.15) is 16.8 Å². The van der Waals surface area contributed by atoms with Crippen molar-refractivity contribution in [3.63, 3.8) is 0 Å². The molecule has 0 aromatic heterocycles. The van der Waals surface area contributed by atoms with Crippen LogP contribution in [0, 0.1) is 11.8 Å². The minimum atomic E-state index is -0.203. The fourth-order valence-corrected chi connectivity index (χ4v) is 2.54. The summed E-state index contributed by atoms with van der Waals surface area (Å²) in [5.41, 5.74) is 0.513. The number of ketones is 1. The van der Waals surface area contributed by atoms with Gasteiger partial charge < -0.3 is 0 Å². The van der Waals surface area contributed by atoms with Gasteiger partial charge in [0.05, 0.1) is 18.4 Å². The first-order valence-corrected chi connectivity index (χ1v) is 6.51. The van der Waals surface area contributed by atoms with Crippen molar-refractivity contribution in [1.29, 1.82) is 0 Å². The lowest BCUT2D eigenvalue weighted by Crippen LogP contribution is -2.37. The van der Waals surface area contributed by atoms with Gasteiger partial charge in [0.1, 0.15) is 0 Å². The summed E-state index contributed by atoms with van der Waals surface area (Å²) in [6, 6.07) is 6.88. The maximum absolute atomic E-state index is 12.0. The predicted molar refractivity (Wildman–Crippen MR) is 66.8 cm³/mol. The molecule has 1 aromatic carbocycles. The number of carbonyl (C=O) groups excluding carboxylic acids is 3. The average molecular weight is 308 g/mol. The highest BCUT2D eigenvalue weighted by atomic mass is 79.9. The lowest BCUT2D eigenvalue weighted by molar-refractivity contribution is -0.140. The second kappa shape index (κ2) is 4.02. The van der Waals surface area contributed by atoms with Crippen LogP contribution in [0.3, 0.4) is 0 Å². The van der Waals surface area contributed by atoms with E-state index in [9.17, 15) is 14.4 Å². The zero-order valence-electron chi connectivity index (χ0n) is 9.43. The van der Waals surface area contributed by atoms with Gasteiger partial charge in [-0.05, 0) is 18.6 Å². The number of halogens is 1. The lowest BCUT2D eigenvalue weighted by atomic mass is 10.1. The van der Waals surface area contributed by atoms with Crippen molar-refractivity contribution >= 4 is 33.5 Å². The normalized spacial score (nSPS) is 25.3. The minimum absolute atomic E-state index is 0.133. The Morgan fingerprint density at radius 2 is 1.72 bits per heavy atom. The van der Waals surface area contributed by atoms with E-state index in [0.717, 1.165) is 9.37 Å². The molecule has 0 N–H and O–H groups in total. The molecule has 2 fully saturated rings. The quantitative estimate of drug-likeness (QED) is 0.630. The zero-order chi connectivity index (χ0) is 12.9. The summed E-state index contributed by atoms with van der Waals surface area (Å²) >= 11 is 3.29. The number of Topliss-reactive ketones (excluding diaryl/α,β-unsaturated/α-hetero) is 1. The molecule has 2 aliphatic rings. The van der Waals surface area contributed by atoms with E-state index < -0.39 is 0 Å². The van der Waals surface area contributed by atoms with Gasteiger partial charge in [0.2, 0.25) is 11.8 Å². The Morgan fingerprint density at radius 1 is 1.17 bits per heavy atom. The number of rotatable bonds is 3. The molecule has 3 rings (SSSR count). The molecule has 1 aromatic rings. The van der Waals surface area contributed by atoms with Crippen LogP contribution < -0.4 is 0 Å². The van der Waals surface area contributed by atoms with Crippen LogP contribution in [-0.4, -0.2) is 29.0 Å². The number of imide groups is 1. The van der Waals surface area contributed by atoms with Crippen molar-refractivity contribution < 1.29 is 14.4 Å². The Kier molecular flexibility index (Phi) is 2.59. The maximum atomic E-state index is 12.0. The average Bonchev–Trinajstić information content (AvgIpc) is 3.10. The number of hydrogen-bond acceptors (Lipinski definition) is 3. The van der Waals surface area contributed by atoms with E-state index in [2.05, 4.69) is 15.9 Å². The smallest absolute Gasteiger partial charge is 0.233 e. The van der Waals surface area contributed by atoms with Gasteiger partial charge in [-0.25, -0.2) is 0 Å². The highest BCUT2D eigenvalue weighted by Crippen LogP contribution is 2.46. The number of likely N-dealkylation sites (tertiary alicyclic amines) is 1. The molecule has 1 saturated carbocycles. The minimum Gasteiger partial charge on any atom is -0.292 e. The van der Waals surface area contributed by atoms with E-state index in [1.54, 1.807) is 24.3 Å². The predicted octanol–water partition coefficient (Wildman–Crippen LogP) is 1.64. The van der Waals surface area contributed by atoms with Crippen LogP contribution >= 0.6 is 15.9 Å². The molecule has 0 radical (unpaired) electrons. The van der Waals surface area contributed by atoms with E-state index in [4.69, 9.17) is 0 Å². The fourth-order valence-electron chi connectivity index (χ4n) is 2.28. The van der Waals surface area contributed by atoms with Gasteiger partial charge in [-0.2, -0.15) is 0 Å². The summed E-state index contributed by atoms with van der Waals surface area (Å²) in [6.45, 7) is -0.133. The molecule has 18 heavy (non-hydrogen) atoms. The number of amides is 2. The Labute approximate surface area is 112 Å². The molecule has 1 aliphatic carbocycles. The Bertz CT molecular complexity index is 532. The second-order valence-corrected chi connectivity index (χ2v) is 5.56. The molecular formula is C13H10BrNO3. The summed E-state index contributed by atoms with van der Waals surface area (Å²) in [5.74, 6) is -0.859. The Balaban J connectivity index is 1.73. The fraction of sp³-hybridized carbons (Fsp3) is 0.308. The molecule has 92 valence electrons. The molecule has 2 unspecified atom stereocenters. The maximum Gasteiger partial charge on any atom is 0.233 e. The first-order valence-electron chi connectivity index (χ1n) is 5.72. The Morgan fingerprint density at radius 3 is 2.28 bits per heavy atom. The standard InChI is InChI=1S/C13H10BrNO3/c14-8-3-1-7(2-4-8)11(16)6-15-12(17)9-5-10(9)13(15)18/h1-4,9-10H,5-6H2. The van der Waals surface area contributed by atoms with E-state index in [-0.39, 0.29) is 36.0 Å². The van der Waals surface area contributed by atoms with E-state index in [1.807, 2.05) is 0 Å². The lowest BCUT2D eigenvalue weighted by Gasteiger charge is -2.15. The monoisotopic (exact) mass is 307 g/mol. The third-order valence-corrected chi connectivity index (χ3v) is 3.95. The molecule has 0 bridgehead atoms. The zero-order valence-corrected chi connectivity index (χ0v) is 11.0. The van der Waals surface area contributed by atoms with E-state index in [0.29, 0.717) is 12.0 Å². The number of nitrogens with zero attached hydrogens (tertiary/aromatic N) is 1. The molecule has 4 nitrogen and oxygen atoms in total. The summed E-state index contributed by atoms with van der Waals surface area (Å²) in [7, 11) is 0. The van der Waals surface area contributed by atoms with Crippen molar-refractivity contribution in [3.05, 3.63) is 34.3 Å². The molecule has 0 spiro atoms. The van der Waals surface area contributed by atoms with Crippen LogP contribution in [0.25, 0.3) is 0 Å². The van der Waals surface area contributed by atoms with Gasteiger partial charge in [-0.3, -0.25) is 19.3 Å². The van der Waals surface area contributed by atoms with Gasteiger partial charge >= 0.3 is 0 Å². The first kappa shape index (κ1) is 11.6. The van der Waals surface area contributed by atoms with E-state index >= 15 is 0 Å². The SMILES string of the molecule is O=C(CN1C(=O)C2CC2C1=O)c1ccc(Br)cc1. The Hall–Kier alpha value is -1.49. The molecule has 1 heterocycles. The van der Waals surface area contributed by atoms with Crippen LogP contribution in [-0.2, 0) is 9.59 Å². The number of carbonyl (C=O) groups is 3. The summed E-state index contributed by atoms with van der Waals surface area (Å²) in [5, 5.41) is 0. The number of hydrogen-bond donors (Lipinski definition) is 0. The first-order chi connectivity index (χ1) is 8.58. The summed E-state index contributed by atoms with van der Waals surface area (Å²) in [4.78, 5) is 36.5. The van der Waals surface area contributed by atoms with Crippen molar-refractivity contribution in [1.82, 2.24) is 4.90 Å². The van der Waals surface area contributed by atoms with Crippen LogP contribution in [0.4, 0.5) is 0 Å². The summed E-state index contributed by atoms with van der Waals surface area (Å²) < 4.78 is 0.883. The van der Waals surface area contributed by atoms with Gasteiger partial charge in [0, 0.05) is 10.0 Å². The number of fused-ring (bicyclic) bond motifs is 1. The van der Waals surface area contributed by atoms with Gasteiger partial charge in [0.15, 0.2) is 5.78 Å². The summed E-state index contributed by atoms with van der Waals surface area (Å²) in [6.07, 6.45) is 0.667. The second-order valence-electron chi connectivity index (χ2n) is 4.64. The molecule has 2 atom stereocenters. The van der Waals surface area contributed by atoms with E-state index in [1.165, 1.54) is 0 Å². The topological polar surface area (TPSA) is 54.5 Å². The molecule has 5 heteroatoms. The molecule has 1 aliphatic heterocycles. The molecular weight excluding hydrogens is 298 g/mol. The highest BCUT2D eigenvalue weighted by molar-refractivity contribution is 9.10.